The lowest BCUT2D eigenvalue weighted by molar-refractivity contribution is -0.133. The molecule has 5 heteroatoms. The largest absolute Gasteiger partial charge is 0.443 e. The maximum absolute atomic E-state index is 13.4. The Labute approximate surface area is 113 Å². The van der Waals surface area contributed by atoms with Crippen LogP contribution in [0.3, 0.4) is 0 Å². The first-order chi connectivity index (χ1) is 9.72. The third-order valence-electron chi connectivity index (χ3n) is 2.83. The van der Waals surface area contributed by atoms with E-state index in [-0.39, 0.29) is 6.42 Å². The molecular formula is C15H10FNO3. The van der Waals surface area contributed by atoms with Gasteiger partial charge in [-0.1, -0.05) is 18.2 Å². The smallest absolute Gasteiger partial charge is 0.315 e. The summed E-state index contributed by atoms with van der Waals surface area (Å²) in [4.78, 5) is 15.7. The zero-order chi connectivity index (χ0) is 13.9. The molecule has 0 saturated carbocycles. The van der Waals surface area contributed by atoms with Gasteiger partial charge < -0.3 is 9.15 Å². The second-order valence-corrected chi connectivity index (χ2v) is 4.22. The van der Waals surface area contributed by atoms with E-state index in [1.807, 2.05) is 0 Å². The van der Waals surface area contributed by atoms with Crippen molar-refractivity contribution >= 4 is 17.1 Å². The average molecular weight is 271 g/mol. The SMILES string of the molecule is O=C(Cc1ccccc1F)Oc1ccc2ocnc2c1. The number of hydrogen-bond acceptors (Lipinski definition) is 4. The molecule has 3 rings (SSSR count). The van der Waals surface area contributed by atoms with E-state index < -0.39 is 11.8 Å². The number of halogens is 1. The van der Waals surface area contributed by atoms with E-state index in [9.17, 15) is 9.18 Å². The molecule has 0 aliphatic carbocycles. The van der Waals surface area contributed by atoms with Gasteiger partial charge in [-0.05, 0) is 23.8 Å². The molecule has 0 N–H and O–H groups in total. The number of fused-ring (bicyclic) bond motifs is 1. The van der Waals surface area contributed by atoms with Crippen molar-refractivity contribution in [2.75, 3.05) is 0 Å². The summed E-state index contributed by atoms with van der Waals surface area (Å²) in [5.74, 6) is -0.595. The normalized spacial score (nSPS) is 10.7. The summed E-state index contributed by atoms with van der Waals surface area (Å²) in [6.07, 6.45) is 1.19. The van der Waals surface area contributed by atoms with Gasteiger partial charge in [-0.15, -0.1) is 0 Å². The number of carbonyl (C=O) groups is 1. The number of benzene rings is 2. The molecule has 4 nitrogen and oxygen atoms in total. The first kappa shape index (κ1) is 12.3. The Balaban J connectivity index is 1.74. The van der Waals surface area contributed by atoms with E-state index >= 15 is 0 Å². The zero-order valence-electron chi connectivity index (χ0n) is 10.4. The highest BCUT2D eigenvalue weighted by Crippen LogP contribution is 2.20. The lowest BCUT2D eigenvalue weighted by Crippen LogP contribution is -2.12. The minimum Gasteiger partial charge on any atom is -0.443 e. The van der Waals surface area contributed by atoms with Crippen LogP contribution in [-0.4, -0.2) is 11.0 Å². The van der Waals surface area contributed by atoms with Gasteiger partial charge in [0.15, 0.2) is 12.0 Å². The Bertz CT molecular complexity index is 766. The van der Waals surface area contributed by atoms with E-state index in [1.165, 1.54) is 12.5 Å². The lowest BCUT2D eigenvalue weighted by atomic mass is 10.1. The first-order valence-electron chi connectivity index (χ1n) is 6.00. The predicted molar refractivity (Wildman–Crippen MR) is 69.7 cm³/mol. The second kappa shape index (κ2) is 5.13. The van der Waals surface area contributed by atoms with Crippen LogP contribution in [0.2, 0.25) is 0 Å². The first-order valence-corrected chi connectivity index (χ1v) is 6.00. The number of oxazole rings is 1. The number of rotatable bonds is 3. The summed E-state index contributed by atoms with van der Waals surface area (Å²) >= 11 is 0. The van der Waals surface area contributed by atoms with E-state index in [0.717, 1.165) is 0 Å². The molecule has 1 aromatic heterocycles. The predicted octanol–water partition coefficient (Wildman–Crippen LogP) is 3.12. The minimum atomic E-state index is -0.530. The van der Waals surface area contributed by atoms with Crippen LogP contribution in [0.1, 0.15) is 5.56 Å². The summed E-state index contributed by atoms with van der Waals surface area (Å²) in [7, 11) is 0. The maximum Gasteiger partial charge on any atom is 0.315 e. The molecule has 0 saturated heterocycles. The third kappa shape index (κ3) is 2.51. The molecule has 0 unspecified atom stereocenters. The van der Waals surface area contributed by atoms with Gasteiger partial charge in [-0.25, -0.2) is 9.37 Å². The van der Waals surface area contributed by atoms with Crippen molar-refractivity contribution in [2.24, 2.45) is 0 Å². The molecule has 0 amide bonds. The molecule has 0 spiro atoms. The standard InChI is InChI=1S/C15H10FNO3/c16-12-4-2-1-3-10(12)7-15(18)20-11-5-6-14-13(8-11)17-9-19-14/h1-6,8-9H,7H2. The van der Waals surface area contributed by atoms with Crippen molar-refractivity contribution in [3.63, 3.8) is 0 Å². The molecule has 0 atom stereocenters. The van der Waals surface area contributed by atoms with E-state index in [2.05, 4.69) is 4.98 Å². The van der Waals surface area contributed by atoms with Crippen molar-refractivity contribution in [2.45, 2.75) is 6.42 Å². The third-order valence-corrected chi connectivity index (χ3v) is 2.83. The van der Waals surface area contributed by atoms with E-state index in [1.54, 1.807) is 36.4 Å². The molecule has 0 aliphatic rings. The highest BCUT2D eigenvalue weighted by molar-refractivity contribution is 5.78. The molecule has 3 aromatic rings. The van der Waals surface area contributed by atoms with Gasteiger partial charge in [0.2, 0.25) is 0 Å². The summed E-state index contributed by atoms with van der Waals surface area (Å²) in [6.45, 7) is 0. The maximum atomic E-state index is 13.4. The second-order valence-electron chi connectivity index (χ2n) is 4.22. The summed E-state index contributed by atoms with van der Waals surface area (Å²) in [5, 5.41) is 0. The van der Waals surface area contributed by atoms with Crippen molar-refractivity contribution < 1.29 is 18.3 Å². The van der Waals surface area contributed by atoms with Crippen molar-refractivity contribution in [3.05, 3.63) is 60.2 Å². The molecule has 0 aliphatic heterocycles. The number of esters is 1. The highest BCUT2D eigenvalue weighted by Gasteiger charge is 2.10. The van der Waals surface area contributed by atoms with Crippen LogP contribution in [0.4, 0.5) is 4.39 Å². The van der Waals surface area contributed by atoms with Gasteiger partial charge in [0.1, 0.15) is 17.1 Å². The number of nitrogens with zero attached hydrogens (tertiary/aromatic N) is 1. The zero-order valence-corrected chi connectivity index (χ0v) is 10.4. The molecule has 100 valence electrons. The van der Waals surface area contributed by atoms with Crippen molar-refractivity contribution in [1.29, 1.82) is 0 Å². The Morgan fingerprint density at radius 2 is 2.10 bits per heavy atom. The van der Waals surface area contributed by atoms with Gasteiger partial charge in [0, 0.05) is 6.07 Å². The van der Waals surface area contributed by atoms with Gasteiger partial charge in [-0.2, -0.15) is 0 Å². The van der Waals surface area contributed by atoms with Crippen molar-refractivity contribution in [1.82, 2.24) is 4.98 Å². The number of aromatic nitrogens is 1. The number of hydrogen-bond donors (Lipinski definition) is 0. The monoisotopic (exact) mass is 271 g/mol. The fourth-order valence-corrected chi connectivity index (χ4v) is 1.87. The molecular weight excluding hydrogens is 261 g/mol. The van der Waals surface area contributed by atoms with Gasteiger partial charge in [0.25, 0.3) is 0 Å². The van der Waals surface area contributed by atoms with Crippen LogP contribution in [0.15, 0.2) is 53.3 Å². The Hall–Kier alpha value is -2.69. The Morgan fingerprint density at radius 1 is 1.25 bits per heavy atom. The van der Waals surface area contributed by atoms with Crippen LogP contribution in [-0.2, 0) is 11.2 Å². The van der Waals surface area contributed by atoms with Crippen molar-refractivity contribution in [3.8, 4) is 5.75 Å². The summed E-state index contributed by atoms with van der Waals surface area (Å²) in [5.41, 5.74) is 1.51. The van der Waals surface area contributed by atoms with E-state index in [4.69, 9.17) is 9.15 Å². The fourth-order valence-electron chi connectivity index (χ4n) is 1.87. The number of carbonyl (C=O) groups excluding carboxylic acids is 1. The summed E-state index contributed by atoms with van der Waals surface area (Å²) in [6, 6.07) is 11.0. The molecule has 0 bridgehead atoms. The Morgan fingerprint density at radius 3 is 2.95 bits per heavy atom. The molecule has 1 heterocycles. The minimum absolute atomic E-state index is 0.122. The molecule has 2 aromatic carbocycles. The van der Waals surface area contributed by atoms with Crippen LogP contribution >= 0.6 is 0 Å². The lowest BCUT2D eigenvalue weighted by Gasteiger charge is -2.05. The van der Waals surface area contributed by atoms with Gasteiger partial charge >= 0.3 is 5.97 Å². The van der Waals surface area contributed by atoms with Gasteiger partial charge in [-0.3, -0.25) is 4.79 Å². The topological polar surface area (TPSA) is 52.3 Å². The quantitative estimate of drug-likeness (QED) is 0.542. The highest BCUT2D eigenvalue weighted by atomic mass is 19.1. The Kier molecular flexibility index (Phi) is 3.16. The van der Waals surface area contributed by atoms with Crippen LogP contribution in [0.5, 0.6) is 5.75 Å². The number of ether oxygens (including phenoxy) is 1. The van der Waals surface area contributed by atoms with Crippen LogP contribution in [0, 0.1) is 5.82 Å². The average Bonchev–Trinajstić information content (AvgIpc) is 2.89. The fraction of sp³-hybridized carbons (Fsp3) is 0.0667. The molecule has 0 fully saturated rings. The van der Waals surface area contributed by atoms with E-state index in [0.29, 0.717) is 22.4 Å². The molecule has 20 heavy (non-hydrogen) atoms. The van der Waals surface area contributed by atoms with Gasteiger partial charge in [0.05, 0.1) is 6.42 Å². The summed E-state index contributed by atoms with van der Waals surface area (Å²) < 4.78 is 23.7. The molecule has 0 radical (unpaired) electrons. The van der Waals surface area contributed by atoms with Crippen LogP contribution < -0.4 is 4.74 Å². The van der Waals surface area contributed by atoms with Crippen LogP contribution in [0.25, 0.3) is 11.1 Å².